The van der Waals surface area contributed by atoms with Crippen molar-refractivity contribution in [1.82, 2.24) is 14.8 Å². The van der Waals surface area contributed by atoms with Crippen LogP contribution in [-0.2, 0) is 11.2 Å². The Bertz CT molecular complexity index is 765. The van der Waals surface area contributed by atoms with Crippen molar-refractivity contribution in [2.24, 2.45) is 0 Å². The minimum Gasteiger partial charge on any atom is -0.497 e. The largest absolute Gasteiger partial charge is 0.497 e. The standard InChI is InChI=1S/C19H23N3O4/c1-25-16-3-4-17(26-2)15(11-16)12-18(23)21-7-9-22(10-8-21)19(24)14-5-6-20-13-14/h3-6,11,13,20H,7-10,12H2,1-2H3. The lowest BCUT2D eigenvalue weighted by Gasteiger charge is -2.34. The van der Waals surface area contributed by atoms with Crippen LogP contribution in [0.1, 0.15) is 15.9 Å². The highest BCUT2D eigenvalue weighted by atomic mass is 16.5. The number of nitrogens with one attached hydrogen (secondary N) is 1. The first kappa shape index (κ1) is 17.8. The molecule has 138 valence electrons. The van der Waals surface area contributed by atoms with E-state index in [4.69, 9.17) is 9.47 Å². The molecule has 0 radical (unpaired) electrons. The van der Waals surface area contributed by atoms with Crippen molar-refractivity contribution in [3.8, 4) is 11.5 Å². The van der Waals surface area contributed by atoms with Crippen molar-refractivity contribution in [3.63, 3.8) is 0 Å². The maximum Gasteiger partial charge on any atom is 0.255 e. The minimum atomic E-state index is -0.00665. The summed E-state index contributed by atoms with van der Waals surface area (Å²) in [7, 11) is 3.18. The average Bonchev–Trinajstić information content (AvgIpc) is 3.22. The van der Waals surface area contributed by atoms with Crippen LogP contribution in [0.3, 0.4) is 0 Å². The highest BCUT2D eigenvalue weighted by Gasteiger charge is 2.25. The van der Waals surface area contributed by atoms with Crippen LogP contribution in [0, 0.1) is 0 Å². The first-order chi connectivity index (χ1) is 12.6. The zero-order chi connectivity index (χ0) is 18.5. The van der Waals surface area contributed by atoms with Gasteiger partial charge in [-0.1, -0.05) is 0 Å². The van der Waals surface area contributed by atoms with Crippen LogP contribution in [0.25, 0.3) is 0 Å². The molecular weight excluding hydrogens is 334 g/mol. The molecule has 1 aliphatic heterocycles. The maximum absolute atomic E-state index is 12.7. The van der Waals surface area contributed by atoms with E-state index in [1.54, 1.807) is 54.6 Å². The molecule has 0 spiro atoms. The smallest absolute Gasteiger partial charge is 0.255 e. The summed E-state index contributed by atoms with van der Waals surface area (Å²) in [5.74, 6) is 1.37. The summed E-state index contributed by atoms with van der Waals surface area (Å²) in [5, 5.41) is 0. The third-order valence-corrected chi connectivity index (χ3v) is 4.59. The fraction of sp³-hybridized carbons (Fsp3) is 0.368. The fourth-order valence-electron chi connectivity index (χ4n) is 3.09. The molecule has 0 saturated carbocycles. The predicted octanol–water partition coefficient (Wildman–Crippen LogP) is 1.56. The number of hydrogen-bond acceptors (Lipinski definition) is 4. The topological polar surface area (TPSA) is 74.9 Å². The van der Waals surface area contributed by atoms with Crippen LogP contribution in [0.15, 0.2) is 36.7 Å². The number of methoxy groups -OCH3 is 2. The van der Waals surface area contributed by atoms with Crippen LogP contribution < -0.4 is 9.47 Å². The van der Waals surface area contributed by atoms with E-state index in [1.807, 2.05) is 6.07 Å². The van der Waals surface area contributed by atoms with Crippen molar-refractivity contribution in [3.05, 3.63) is 47.8 Å². The molecule has 2 aromatic rings. The van der Waals surface area contributed by atoms with Crippen LogP contribution in [0.4, 0.5) is 0 Å². The number of benzene rings is 1. The fourth-order valence-corrected chi connectivity index (χ4v) is 3.09. The Morgan fingerprint density at radius 2 is 1.77 bits per heavy atom. The number of carbonyl (C=O) groups is 2. The van der Waals surface area contributed by atoms with Gasteiger partial charge in [-0.2, -0.15) is 0 Å². The Morgan fingerprint density at radius 3 is 2.38 bits per heavy atom. The average molecular weight is 357 g/mol. The zero-order valence-corrected chi connectivity index (χ0v) is 15.0. The van der Waals surface area contributed by atoms with Crippen molar-refractivity contribution in [2.45, 2.75) is 6.42 Å². The molecular formula is C19H23N3O4. The molecule has 1 aromatic carbocycles. The highest BCUT2D eigenvalue weighted by molar-refractivity contribution is 5.94. The van der Waals surface area contributed by atoms with Crippen LogP contribution >= 0.6 is 0 Å². The number of amides is 2. The summed E-state index contributed by atoms with van der Waals surface area (Å²) >= 11 is 0. The van der Waals surface area contributed by atoms with E-state index in [-0.39, 0.29) is 18.2 Å². The van der Waals surface area contributed by atoms with E-state index in [0.717, 1.165) is 5.56 Å². The number of nitrogens with zero attached hydrogens (tertiary/aromatic N) is 2. The van der Waals surface area contributed by atoms with Crippen LogP contribution in [0.2, 0.25) is 0 Å². The Labute approximate surface area is 152 Å². The summed E-state index contributed by atoms with van der Waals surface area (Å²) in [6, 6.07) is 7.18. The quantitative estimate of drug-likeness (QED) is 0.881. The molecule has 1 fully saturated rings. The number of hydrogen-bond donors (Lipinski definition) is 1. The van der Waals surface area contributed by atoms with Gasteiger partial charge in [-0.25, -0.2) is 0 Å². The highest BCUT2D eigenvalue weighted by Crippen LogP contribution is 2.25. The first-order valence-electron chi connectivity index (χ1n) is 8.53. The number of H-pyrrole nitrogens is 1. The summed E-state index contributed by atoms with van der Waals surface area (Å²) in [6.07, 6.45) is 3.66. The van der Waals surface area contributed by atoms with Gasteiger partial charge in [0.25, 0.3) is 5.91 Å². The second-order valence-corrected chi connectivity index (χ2v) is 6.13. The van der Waals surface area contributed by atoms with Gasteiger partial charge < -0.3 is 24.3 Å². The lowest BCUT2D eigenvalue weighted by molar-refractivity contribution is -0.131. The summed E-state index contributed by atoms with van der Waals surface area (Å²) < 4.78 is 10.6. The van der Waals surface area contributed by atoms with Crippen molar-refractivity contribution in [1.29, 1.82) is 0 Å². The summed E-state index contributed by atoms with van der Waals surface area (Å²) in [4.78, 5) is 31.5. The van der Waals surface area contributed by atoms with Gasteiger partial charge in [-0.3, -0.25) is 9.59 Å². The van der Waals surface area contributed by atoms with Gasteiger partial charge in [0.2, 0.25) is 5.91 Å². The third kappa shape index (κ3) is 3.82. The van der Waals surface area contributed by atoms with E-state index >= 15 is 0 Å². The second kappa shape index (κ2) is 7.95. The number of ether oxygens (including phenoxy) is 2. The van der Waals surface area contributed by atoms with Crippen LogP contribution in [-0.4, -0.2) is 67.0 Å². The maximum atomic E-state index is 12.7. The summed E-state index contributed by atoms with van der Waals surface area (Å²) in [6.45, 7) is 2.12. The monoisotopic (exact) mass is 357 g/mol. The molecule has 0 bridgehead atoms. The van der Waals surface area contributed by atoms with Gasteiger partial charge in [0, 0.05) is 44.1 Å². The van der Waals surface area contributed by atoms with E-state index in [9.17, 15) is 9.59 Å². The SMILES string of the molecule is COc1ccc(OC)c(CC(=O)N2CCN(C(=O)c3cc[nH]c3)CC2)c1. The van der Waals surface area contributed by atoms with Gasteiger partial charge in [-0.05, 0) is 24.3 Å². The first-order valence-corrected chi connectivity index (χ1v) is 8.53. The molecule has 1 aliphatic rings. The number of carbonyl (C=O) groups excluding carboxylic acids is 2. The summed E-state index contributed by atoms with van der Waals surface area (Å²) in [5.41, 5.74) is 1.44. The van der Waals surface area contributed by atoms with Gasteiger partial charge in [0.15, 0.2) is 0 Å². The number of piperazine rings is 1. The molecule has 1 saturated heterocycles. The van der Waals surface area contributed by atoms with Crippen molar-refractivity contribution >= 4 is 11.8 Å². The lowest BCUT2D eigenvalue weighted by atomic mass is 10.1. The Hall–Kier alpha value is -2.96. The predicted molar refractivity (Wildman–Crippen MR) is 96.5 cm³/mol. The molecule has 3 rings (SSSR count). The van der Waals surface area contributed by atoms with Crippen molar-refractivity contribution in [2.75, 3.05) is 40.4 Å². The molecule has 7 nitrogen and oxygen atoms in total. The number of aromatic nitrogens is 1. The van der Waals surface area contributed by atoms with E-state index in [0.29, 0.717) is 43.2 Å². The van der Waals surface area contributed by atoms with E-state index in [1.165, 1.54) is 0 Å². The van der Waals surface area contributed by atoms with Gasteiger partial charge in [0.1, 0.15) is 11.5 Å². The molecule has 2 heterocycles. The number of rotatable bonds is 5. The molecule has 1 N–H and O–H groups in total. The van der Waals surface area contributed by atoms with E-state index in [2.05, 4.69) is 4.98 Å². The van der Waals surface area contributed by atoms with Crippen molar-refractivity contribution < 1.29 is 19.1 Å². The van der Waals surface area contributed by atoms with Gasteiger partial charge in [0.05, 0.1) is 26.2 Å². The molecule has 2 amide bonds. The normalized spacial score (nSPS) is 14.2. The minimum absolute atomic E-state index is 0.00665. The Morgan fingerprint density at radius 1 is 1.04 bits per heavy atom. The Balaban J connectivity index is 1.60. The molecule has 0 atom stereocenters. The Kier molecular flexibility index (Phi) is 5.46. The molecule has 0 unspecified atom stereocenters. The van der Waals surface area contributed by atoms with Crippen LogP contribution in [0.5, 0.6) is 11.5 Å². The van der Waals surface area contributed by atoms with E-state index < -0.39 is 0 Å². The lowest BCUT2D eigenvalue weighted by Crippen LogP contribution is -2.50. The molecule has 26 heavy (non-hydrogen) atoms. The number of aromatic amines is 1. The second-order valence-electron chi connectivity index (χ2n) is 6.13. The van der Waals surface area contributed by atoms with Gasteiger partial charge in [-0.15, -0.1) is 0 Å². The molecule has 1 aromatic heterocycles. The third-order valence-electron chi connectivity index (χ3n) is 4.59. The molecule has 0 aliphatic carbocycles. The van der Waals surface area contributed by atoms with Gasteiger partial charge >= 0.3 is 0 Å². The molecule has 7 heteroatoms. The zero-order valence-electron chi connectivity index (χ0n) is 15.0.